The zero-order chi connectivity index (χ0) is 16.0. The Labute approximate surface area is 126 Å². The van der Waals surface area contributed by atoms with Crippen molar-refractivity contribution in [2.24, 2.45) is 5.90 Å². The van der Waals surface area contributed by atoms with Crippen LogP contribution in [0.3, 0.4) is 0 Å². The Hall–Kier alpha value is -0.930. The Morgan fingerprint density at radius 1 is 0.905 bits per heavy atom. The zero-order valence-corrected chi connectivity index (χ0v) is 13.2. The van der Waals surface area contributed by atoms with Gasteiger partial charge in [0.1, 0.15) is 5.60 Å². The Kier molecular flexibility index (Phi) is 12.2. The number of ether oxygens (including phenoxy) is 4. The van der Waals surface area contributed by atoms with E-state index in [9.17, 15) is 4.79 Å². The number of nitrogens with one attached hydrogen (secondary N) is 1. The quantitative estimate of drug-likeness (QED) is 0.399. The molecule has 0 radical (unpaired) electrons. The Bertz CT molecular complexity index is 258. The first kappa shape index (κ1) is 20.1. The lowest BCUT2D eigenvalue weighted by Gasteiger charge is -2.19. The van der Waals surface area contributed by atoms with Gasteiger partial charge in [0.05, 0.1) is 46.2 Å². The molecule has 0 aliphatic heterocycles. The van der Waals surface area contributed by atoms with Gasteiger partial charge in [0.15, 0.2) is 0 Å². The first-order valence-corrected chi connectivity index (χ1v) is 6.97. The van der Waals surface area contributed by atoms with Crippen LogP contribution in [-0.4, -0.2) is 64.5 Å². The van der Waals surface area contributed by atoms with Gasteiger partial charge in [-0.3, -0.25) is 0 Å². The van der Waals surface area contributed by atoms with Crippen LogP contribution >= 0.6 is 0 Å². The highest BCUT2D eigenvalue weighted by molar-refractivity contribution is 5.67. The first-order valence-electron chi connectivity index (χ1n) is 6.97. The molecule has 0 unspecified atom stereocenters. The highest BCUT2D eigenvalue weighted by Gasteiger charge is 2.15. The minimum absolute atomic E-state index is 0.369. The molecule has 0 fully saturated rings. The molecule has 8 heteroatoms. The predicted octanol–water partition coefficient (Wildman–Crippen LogP) is 0.451. The lowest BCUT2D eigenvalue weighted by Crippen LogP contribution is -2.34. The van der Waals surface area contributed by atoms with Crippen LogP contribution in [0.2, 0.25) is 0 Å². The highest BCUT2D eigenvalue weighted by Crippen LogP contribution is 2.05. The molecule has 0 heterocycles. The van der Waals surface area contributed by atoms with Crippen LogP contribution in [0.5, 0.6) is 0 Å². The molecule has 1 amide bonds. The number of carbonyl (C=O) groups is 1. The number of nitrogens with two attached hydrogens (primary N) is 1. The van der Waals surface area contributed by atoms with Gasteiger partial charge in [0.2, 0.25) is 0 Å². The van der Waals surface area contributed by atoms with Crippen molar-refractivity contribution >= 4 is 6.09 Å². The Morgan fingerprint density at radius 3 is 1.86 bits per heavy atom. The first-order chi connectivity index (χ1) is 9.95. The molecule has 0 bridgehead atoms. The smallest absolute Gasteiger partial charge is 0.407 e. The minimum Gasteiger partial charge on any atom is -0.444 e. The summed E-state index contributed by atoms with van der Waals surface area (Å²) >= 11 is 0. The van der Waals surface area contributed by atoms with Crippen molar-refractivity contribution in [3.05, 3.63) is 0 Å². The standard InChI is InChI=1S/C13H28N2O6/c1-13(2,3)21-12(16)15-4-5-17-6-7-18-8-9-19-10-11-20-14/h4-11,14H2,1-3H3,(H,15,16). The lowest BCUT2D eigenvalue weighted by molar-refractivity contribution is -0.00204. The van der Waals surface area contributed by atoms with Gasteiger partial charge in [0, 0.05) is 6.54 Å². The van der Waals surface area contributed by atoms with Crippen molar-refractivity contribution < 1.29 is 28.6 Å². The number of amides is 1. The van der Waals surface area contributed by atoms with E-state index in [-0.39, 0.29) is 0 Å². The van der Waals surface area contributed by atoms with E-state index < -0.39 is 11.7 Å². The summed E-state index contributed by atoms with van der Waals surface area (Å²) in [6.07, 6.45) is -0.444. The van der Waals surface area contributed by atoms with Crippen molar-refractivity contribution in [2.75, 3.05) is 52.8 Å². The van der Waals surface area contributed by atoms with E-state index in [1.165, 1.54) is 0 Å². The summed E-state index contributed by atoms with van der Waals surface area (Å²) in [7, 11) is 0. The summed E-state index contributed by atoms with van der Waals surface area (Å²) in [5.74, 6) is 4.84. The van der Waals surface area contributed by atoms with Crippen molar-refractivity contribution in [1.29, 1.82) is 0 Å². The van der Waals surface area contributed by atoms with E-state index in [4.69, 9.17) is 24.8 Å². The third-order valence-electron chi connectivity index (χ3n) is 2.00. The van der Waals surface area contributed by atoms with Crippen LogP contribution in [0.25, 0.3) is 0 Å². The largest absolute Gasteiger partial charge is 0.444 e. The van der Waals surface area contributed by atoms with E-state index in [2.05, 4.69) is 10.2 Å². The molecular weight excluding hydrogens is 280 g/mol. The summed E-state index contributed by atoms with van der Waals surface area (Å²) in [6.45, 7) is 8.98. The normalized spacial score (nSPS) is 11.4. The third-order valence-corrected chi connectivity index (χ3v) is 2.00. The molecule has 21 heavy (non-hydrogen) atoms. The summed E-state index contributed by atoms with van der Waals surface area (Å²) in [5.41, 5.74) is -0.489. The molecule has 0 aromatic carbocycles. The van der Waals surface area contributed by atoms with Crippen LogP contribution in [0.4, 0.5) is 4.79 Å². The summed E-state index contributed by atoms with van der Waals surface area (Å²) < 4.78 is 20.8. The molecule has 0 aromatic rings. The second-order valence-corrected chi connectivity index (χ2v) is 5.14. The van der Waals surface area contributed by atoms with Gasteiger partial charge in [-0.2, -0.15) is 0 Å². The zero-order valence-electron chi connectivity index (χ0n) is 13.2. The maximum atomic E-state index is 11.3. The van der Waals surface area contributed by atoms with Crippen molar-refractivity contribution in [2.45, 2.75) is 26.4 Å². The molecule has 0 saturated carbocycles. The topological polar surface area (TPSA) is 101 Å². The monoisotopic (exact) mass is 308 g/mol. The van der Waals surface area contributed by atoms with Crippen molar-refractivity contribution in [3.8, 4) is 0 Å². The molecule has 0 aliphatic carbocycles. The molecule has 0 aliphatic rings. The minimum atomic E-state index is -0.489. The fraction of sp³-hybridized carbons (Fsp3) is 0.923. The summed E-state index contributed by atoms with van der Waals surface area (Å²) in [4.78, 5) is 15.6. The SMILES string of the molecule is CC(C)(C)OC(=O)NCCOCCOCCOCCON. The Balaban J connectivity index is 3.17. The van der Waals surface area contributed by atoms with Gasteiger partial charge in [-0.15, -0.1) is 0 Å². The fourth-order valence-corrected chi connectivity index (χ4v) is 1.19. The van der Waals surface area contributed by atoms with Crippen LogP contribution in [0.1, 0.15) is 20.8 Å². The van der Waals surface area contributed by atoms with E-state index >= 15 is 0 Å². The molecule has 0 atom stereocenters. The second-order valence-electron chi connectivity index (χ2n) is 5.14. The molecule has 0 spiro atoms. The predicted molar refractivity (Wildman–Crippen MR) is 76.8 cm³/mol. The number of hydrogen-bond acceptors (Lipinski definition) is 7. The lowest BCUT2D eigenvalue weighted by atomic mass is 10.2. The van der Waals surface area contributed by atoms with Crippen molar-refractivity contribution in [1.82, 2.24) is 5.32 Å². The van der Waals surface area contributed by atoms with E-state index in [0.717, 1.165) is 0 Å². The third kappa shape index (κ3) is 17.0. The van der Waals surface area contributed by atoms with E-state index in [1.807, 2.05) is 20.8 Å². The average Bonchev–Trinajstić information content (AvgIpc) is 2.38. The van der Waals surface area contributed by atoms with Gasteiger partial charge in [0.25, 0.3) is 0 Å². The van der Waals surface area contributed by atoms with Gasteiger partial charge in [-0.25, -0.2) is 10.7 Å². The van der Waals surface area contributed by atoms with E-state index in [0.29, 0.717) is 52.8 Å². The summed E-state index contributed by atoms with van der Waals surface area (Å²) in [5, 5.41) is 2.60. The van der Waals surface area contributed by atoms with Gasteiger partial charge in [-0.1, -0.05) is 0 Å². The number of alkyl carbamates (subject to hydrolysis) is 1. The van der Waals surface area contributed by atoms with E-state index in [1.54, 1.807) is 0 Å². The van der Waals surface area contributed by atoms with Crippen LogP contribution in [0, 0.1) is 0 Å². The second kappa shape index (κ2) is 12.8. The number of carbonyl (C=O) groups excluding carboxylic acids is 1. The molecule has 0 aromatic heterocycles. The van der Waals surface area contributed by atoms with Crippen molar-refractivity contribution in [3.63, 3.8) is 0 Å². The molecule has 3 N–H and O–H groups in total. The summed E-state index contributed by atoms with van der Waals surface area (Å²) in [6, 6.07) is 0. The highest BCUT2D eigenvalue weighted by atomic mass is 16.6. The molecule has 0 rings (SSSR count). The molecular formula is C13H28N2O6. The van der Waals surface area contributed by atoms with Gasteiger partial charge < -0.3 is 29.1 Å². The van der Waals surface area contributed by atoms with Crippen LogP contribution < -0.4 is 11.2 Å². The fourth-order valence-electron chi connectivity index (χ4n) is 1.19. The van der Waals surface area contributed by atoms with Crippen LogP contribution in [0.15, 0.2) is 0 Å². The maximum absolute atomic E-state index is 11.3. The number of hydrogen-bond donors (Lipinski definition) is 2. The number of rotatable bonds is 12. The van der Waals surface area contributed by atoms with Crippen LogP contribution in [-0.2, 0) is 23.8 Å². The molecule has 8 nitrogen and oxygen atoms in total. The maximum Gasteiger partial charge on any atom is 0.407 e. The Morgan fingerprint density at radius 2 is 1.38 bits per heavy atom. The van der Waals surface area contributed by atoms with Gasteiger partial charge >= 0.3 is 6.09 Å². The molecule has 0 saturated heterocycles. The van der Waals surface area contributed by atoms with Gasteiger partial charge in [-0.05, 0) is 20.8 Å². The molecule has 126 valence electrons. The average molecular weight is 308 g/mol.